The van der Waals surface area contributed by atoms with E-state index < -0.39 is 0 Å². The maximum Gasteiger partial charge on any atom is 0.0252 e. The lowest BCUT2D eigenvalue weighted by atomic mass is 10.1. The molecule has 1 saturated heterocycles. The Hall–Kier alpha value is 0.270. The number of nitrogens with zero attached hydrogens (tertiary/aromatic N) is 1. The fraction of sp³-hybridized carbons (Fsp3) is 1.00. The van der Waals surface area contributed by atoms with Crippen LogP contribution in [0.15, 0.2) is 0 Å². The Bertz CT molecular complexity index is 159. The van der Waals surface area contributed by atoms with E-state index in [1.807, 2.05) is 11.8 Å². The van der Waals surface area contributed by atoms with Gasteiger partial charge in [-0.3, -0.25) is 0 Å². The summed E-state index contributed by atoms with van der Waals surface area (Å²) in [6.07, 6.45) is 4.81. The van der Waals surface area contributed by atoms with Crippen molar-refractivity contribution in [2.75, 3.05) is 38.2 Å². The second-order valence-corrected chi connectivity index (χ2v) is 5.77. The summed E-state index contributed by atoms with van der Waals surface area (Å²) < 4.78 is 0. The van der Waals surface area contributed by atoms with Crippen molar-refractivity contribution in [3.05, 3.63) is 0 Å². The highest BCUT2D eigenvalue weighted by molar-refractivity contribution is 7.98. The Morgan fingerprint density at radius 3 is 2.93 bits per heavy atom. The third-order valence-electron chi connectivity index (χ3n) is 2.70. The van der Waals surface area contributed by atoms with Crippen LogP contribution in [-0.2, 0) is 0 Å². The molecule has 0 aromatic carbocycles. The molecule has 0 spiro atoms. The van der Waals surface area contributed by atoms with E-state index >= 15 is 0 Å². The molecule has 1 aliphatic heterocycles. The Labute approximate surface area is 92.8 Å². The Kier molecular flexibility index (Phi) is 5.28. The van der Waals surface area contributed by atoms with Crippen LogP contribution < -0.4 is 5.32 Å². The van der Waals surface area contributed by atoms with Crippen LogP contribution in [0.5, 0.6) is 0 Å². The van der Waals surface area contributed by atoms with Crippen molar-refractivity contribution in [3.63, 3.8) is 0 Å². The highest BCUT2D eigenvalue weighted by Crippen LogP contribution is 2.11. The minimum absolute atomic E-state index is 0.301. The molecule has 1 fully saturated rings. The summed E-state index contributed by atoms with van der Waals surface area (Å²) in [4.78, 5) is 2.61. The first kappa shape index (κ1) is 12.3. The van der Waals surface area contributed by atoms with Gasteiger partial charge in [-0.2, -0.15) is 11.8 Å². The number of hydrogen-bond acceptors (Lipinski definition) is 3. The molecular formula is C11H24N2S. The molecule has 1 rings (SSSR count). The standard InChI is InChI=1S/C11H24N2S/c1-11(2)10-13(7-4-6-12-11)8-5-9-14-3/h12H,4-10H2,1-3H3. The van der Waals surface area contributed by atoms with E-state index in [0.29, 0.717) is 5.54 Å². The summed E-state index contributed by atoms with van der Waals surface area (Å²) in [5.41, 5.74) is 0.301. The van der Waals surface area contributed by atoms with Gasteiger partial charge < -0.3 is 10.2 Å². The Balaban J connectivity index is 2.28. The van der Waals surface area contributed by atoms with E-state index in [1.165, 1.54) is 44.8 Å². The van der Waals surface area contributed by atoms with Crippen LogP contribution in [0, 0.1) is 0 Å². The predicted octanol–water partition coefficient (Wildman–Crippen LogP) is 1.81. The average Bonchev–Trinajstić information content (AvgIpc) is 2.27. The molecule has 0 amide bonds. The maximum atomic E-state index is 3.59. The van der Waals surface area contributed by atoms with Crippen LogP contribution in [-0.4, -0.2) is 48.6 Å². The van der Waals surface area contributed by atoms with Gasteiger partial charge in [0.15, 0.2) is 0 Å². The lowest BCUT2D eigenvalue weighted by molar-refractivity contribution is 0.232. The zero-order chi connectivity index (χ0) is 10.4. The maximum absolute atomic E-state index is 3.59. The average molecular weight is 216 g/mol. The topological polar surface area (TPSA) is 15.3 Å². The summed E-state index contributed by atoms with van der Waals surface area (Å²) in [5, 5.41) is 3.59. The Morgan fingerprint density at radius 2 is 2.21 bits per heavy atom. The monoisotopic (exact) mass is 216 g/mol. The summed E-state index contributed by atoms with van der Waals surface area (Å²) in [6.45, 7) is 9.52. The van der Waals surface area contributed by atoms with E-state index in [4.69, 9.17) is 0 Å². The molecule has 0 bridgehead atoms. The molecule has 0 unspecified atom stereocenters. The minimum atomic E-state index is 0.301. The van der Waals surface area contributed by atoms with Gasteiger partial charge in [0.2, 0.25) is 0 Å². The third-order valence-corrected chi connectivity index (χ3v) is 3.39. The van der Waals surface area contributed by atoms with Crippen molar-refractivity contribution >= 4 is 11.8 Å². The first-order valence-electron chi connectivity index (χ1n) is 5.60. The zero-order valence-electron chi connectivity index (χ0n) is 9.81. The van der Waals surface area contributed by atoms with Gasteiger partial charge >= 0.3 is 0 Å². The van der Waals surface area contributed by atoms with Gasteiger partial charge in [0, 0.05) is 12.1 Å². The van der Waals surface area contributed by atoms with Crippen LogP contribution >= 0.6 is 11.8 Å². The molecule has 0 atom stereocenters. The van der Waals surface area contributed by atoms with Crippen LogP contribution in [0.4, 0.5) is 0 Å². The van der Waals surface area contributed by atoms with Crippen molar-refractivity contribution in [1.82, 2.24) is 10.2 Å². The molecule has 0 radical (unpaired) electrons. The molecule has 14 heavy (non-hydrogen) atoms. The summed E-state index contributed by atoms with van der Waals surface area (Å²) in [6, 6.07) is 0. The fourth-order valence-electron chi connectivity index (χ4n) is 2.05. The van der Waals surface area contributed by atoms with E-state index in [2.05, 4.69) is 30.3 Å². The number of nitrogens with one attached hydrogen (secondary N) is 1. The quantitative estimate of drug-likeness (QED) is 0.722. The predicted molar refractivity (Wildman–Crippen MR) is 66.1 cm³/mol. The van der Waals surface area contributed by atoms with Crippen molar-refractivity contribution in [1.29, 1.82) is 0 Å². The van der Waals surface area contributed by atoms with Crippen molar-refractivity contribution in [2.24, 2.45) is 0 Å². The van der Waals surface area contributed by atoms with Crippen molar-refractivity contribution in [2.45, 2.75) is 32.2 Å². The van der Waals surface area contributed by atoms with Gasteiger partial charge in [-0.25, -0.2) is 0 Å². The normalized spacial score (nSPS) is 23.4. The summed E-state index contributed by atoms with van der Waals surface area (Å²) in [5.74, 6) is 1.30. The van der Waals surface area contributed by atoms with Crippen LogP contribution in [0.2, 0.25) is 0 Å². The smallest absolute Gasteiger partial charge is 0.0252 e. The second kappa shape index (κ2) is 5.99. The molecule has 1 heterocycles. The highest BCUT2D eigenvalue weighted by Gasteiger charge is 2.23. The Morgan fingerprint density at radius 1 is 1.43 bits per heavy atom. The van der Waals surface area contributed by atoms with Gasteiger partial charge in [-0.1, -0.05) is 0 Å². The van der Waals surface area contributed by atoms with Crippen LogP contribution in [0.3, 0.4) is 0 Å². The van der Waals surface area contributed by atoms with Crippen LogP contribution in [0.1, 0.15) is 26.7 Å². The molecule has 1 aliphatic rings. The van der Waals surface area contributed by atoms with E-state index in [-0.39, 0.29) is 0 Å². The van der Waals surface area contributed by atoms with Crippen LogP contribution in [0.25, 0.3) is 0 Å². The lowest BCUT2D eigenvalue weighted by Crippen LogP contribution is -2.46. The molecule has 0 aromatic rings. The van der Waals surface area contributed by atoms with E-state index in [9.17, 15) is 0 Å². The molecule has 2 nitrogen and oxygen atoms in total. The van der Waals surface area contributed by atoms with Gasteiger partial charge in [-0.05, 0) is 58.3 Å². The third kappa shape index (κ3) is 4.67. The SMILES string of the molecule is CSCCCN1CCCNC(C)(C)C1. The largest absolute Gasteiger partial charge is 0.310 e. The second-order valence-electron chi connectivity index (χ2n) is 4.79. The van der Waals surface area contributed by atoms with Crippen molar-refractivity contribution < 1.29 is 0 Å². The molecule has 0 aliphatic carbocycles. The van der Waals surface area contributed by atoms with Gasteiger partial charge in [-0.15, -0.1) is 0 Å². The number of hydrogen-bond donors (Lipinski definition) is 1. The lowest BCUT2D eigenvalue weighted by Gasteiger charge is -2.29. The molecule has 0 aromatic heterocycles. The highest BCUT2D eigenvalue weighted by atomic mass is 32.2. The van der Waals surface area contributed by atoms with E-state index in [1.54, 1.807) is 0 Å². The first-order valence-corrected chi connectivity index (χ1v) is 7.00. The molecule has 84 valence electrons. The summed E-state index contributed by atoms with van der Waals surface area (Å²) in [7, 11) is 0. The minimum Gasteiger partial charge on any atom is -0.310 e. The molecule has 1 N–H and O–H groups in total. The first-order chi connectivity index (χ1) is 6.64. The zero-order valence-corrected chi connectivity index (χ0v) is 10.6. The van der Waals surface area contributed by atoms with E-state index in [0.717, 1.165) is 0 Å². The summed E-state index contributed by atoms with van der Waals surface area (Å²) >= 11 is 1.95. The fourth-order valence-corrected chi connectivity index (χ4v) is 2.46. The number of thioether (sulfide) groups is 1. The molecule has 0 saturated carbocycles. The van der Waals surface area contributed by atoms with Gasteiger partial charge in [0.05, 0.1) is 0 Å². The van der Waals surface area contributed by atoms with Gasteiger partial charge in [0.25, 0.3) is 0 Å². The van der Waals surface area contributed by atoms with Gasteiger partial charge in [0.1, 0.15) is 0 Å². The number of rotatable bonds is 4. The van der Waals surface area contributed by atoms with Crippen molar-refractivity contribution in [3.8, 4) is 0 Å². The molecular weight excluding hydrogens is 192 g/mol. The molecule has 3 heteroatoms.